The predicted molar refractivity (Wildman–Crippen MR) is 74.0 cm³/mol. The maximum atomic E-state index is 12.7. The summed E-state index contributed by atoms with van der Waals surface area (Å²) < 4.78 is 14.7. The lowest BCUT2D eigenvalue weighted by Gasteiger charge is -2.04. The van der Waals surface area contributed by atoms with Crippen LogP contribution in [0.4, 0.5) is 4.39 Å². The zero-order valence-electron chi connectivity index (χ0n) is 11.4. The van der Waals surface area contributed by atoms with E-state index in [4.69, 9.17) is 0 Å². The van der Waals surface area contributed by atoms with E-state index in [1.54, 1.807) is 12.1 Å². The highest BCUT2D eigenvalue weighted by molar-refractivity contribution is 5.16. The van der Waals surface area contributed by atoms with Gasteiger partial charge in [0.05, 0.1) is 6.20 Å². The van der Waals surface area contributed by atoms with Crippen molar-refractivity contribution in [2.45, 2.75) is 33.5 Å². The fourth-order valence-corrected chi connectivity index (χ4v) is 1.93. The van der Waals surface area contributed by atoms with E-state index in [1.165, 1.54) is 17.7 Å². The fourth-order valence-electron chi connectivity index (χ4n) is 1.93. The Morgan fingerprint density at radius 1 is 1.16 bits per heavy atom. The van der Waals surface area contributed by atoms with Crippen molar-refractivity contribution >= 4 is 0 Å². The van der Waals surface area contributed by atoms with Crippen molar-refractivity contribution in [3.05, 3.63) is 53.6 Å². The molecule has 4 heteroatoms. The van der Waals surface area contributed by atoms with Gasteiger partial charge in [-0.25, -0.2) is 4.39 Å². The van der Waals surface area contributed by atoms with E-state index in [9.17, 15) is 4.39 Å². The minimum atomic E-state index is -0.196. The molecule has 0 spiro atoms. The first-order valence-corrected chi connectivity index (χ1v) is 6.60. The average Bonchev–Trinajstić information content (AvgIpc) is 2.78. The second kappa shape index (κ2) is 6.48. The molecule has 3 nitrogen and oxygen atoms in total. The Morgan fingerprint density at radius 2 is 1.84 bits per heavy atom. The zero-order chi connectivity index (χ0) is 13.7. The summed E-state index contributed by atoms with van der Waals surface area (Å²) in [4.78, 5) is 0. The molecule has 0 aliphatic rings. The van der Waals surface area contributed by atoms with Crippen LogP contribution >= 0.6 is 0 Å². The second-order valence-corrected chi connectivity index (χ2v) is 5.19. The molecule has 0 saturated carbocycles. The summed E-state index contributed by atoms with van der Waals surface area (Å²) in [6.45, 7) is 6.80. The van der Waals surface area contributed by atoms with Crippen LogP contribution in [0, 0.1) is 11.7 Å². The monoisotopic (exact) mass is 261 g/mol. The first-order valence-electron chi connectivity index (χ1n) is 6.60. The smallest absolute Gasteiger partial charge is 0.123 e. The second-order valence-electron chi connectivity index (χ2n) is 5.19. The number of halogens is 1. The van der Waals surface area contributed by atoms with Crippen LogP contribution in [-0.2, 0) is 19.6 Å². The molecule has 0 atom stereocenters. The number of nitrogens with zero attached hydrogens (tertiary/aromatic N) is 2. The van der Waals surface area contributed by atoms with E-state index in [1.807, 2.05) is 10.9 Å². The summed E-state index contributed by atoms with van der Waals surface area (Å²) in [5, 5.41) is 7.65. The van der Waals surface area contributed by atoms with E-state index in [0.29, 0.717) is 5.92 Å². The molecule has 0 fully saturated rings. The standard InChI is InChI=1S/C15H20FN3/c1-12(2)10-19-11-14(9-18-19)8-17-7-13-3-5-15(16)6-4-13/h3-6,9,11-12,17H,7-8,10H2,1-2H3. The van der Waals surface area contributed by atoms with Crippen LogP contribution < -0.4 is 5.32 Å². The average molecular weight is 261 g/mol. The molecule has 2 aromatic rings. The molecule has 0 amide bonds. The van der Waals surface area contributed by atoms with Crippen LogP contribution in [0.25, 0.3) is 0 Å². The topological polar surface area (TPSA) is 29.9 Å². The lowest BCUT2D eigenvalue weighted by Crippen LogP contribution is -2.12. The summed E-state index contributed by atoms with van der Waals surface area (Å²) in [6, 6.07) is 6.56. The first kappa shape index (κ1) is 13.7. The summed E-state index contributed by atoms with van der Waals surface area (Å²) >= 11 is 0. The van der Waals surface area contributed by atoms with Crippen LogP contribution in [0.2, 0.25) is 0 Å². The highest BCUT2D eigenvalue weighted by Gasteiger charge is 2.01. The van der Waals surface area contributed by atoms with Crippen molar-refractivity contribution in [1.29, 1.82) is 0 Å². The zero-order valence-corrected chi connectivity index (χ0v) is 11.4. The summed E-state index contributed by atoms with van der Waals surface area (Å²) in [7, 11) is 0. The molecule has 19 heavy (non-hydrogen) atoms. The molecule has 0 aliphatic heterocycles. The van der Waals surface area contributed by atoms with Crippen molar-refractivity contribution < 1.29 is 4.39 Å². The van der Waals surface area contributed by atoms with E-state index in [2.05, 4.69) is 30.5 Å². The van der Waals surface area contributed by atoms with Crippen molar-refractivity contribution in [1.82, 2.24) is 15.1 Å². The van der Waals surface area contributed by atoms with Gasteiger partial charge in [0.1, 0.15) is 5.82 Å². The summed E-state index contributed by atoms with van der Waals surface area (Å²) in [5.74, 6) is 0.402. The quantitative estimate of drug-likeness (QED) is 0.866. The Kier molecular flexibility index (Phi) is 4.68. The van der Waals surface area contributed by atoms with Crippen molar-refractivity contribution in [2.75, 3.05) is 0 Å². The Morgan fingerprint density at radius 3 is 2.53 bits per heavy atom. The highest BCUT2D eigenvalue weighted by Crippen LogP contribution is 2.04. The van der Waals surface area contributed by atoms with Gasteiger partial charge in [0, 0.05) is 31.4 Å². The molecule has 0 bridgehead atoms. The van der Waals surface area contributed by atoms with Crippen LogP contribution in [0.15, 0.2) is 36.7 Å². The van der Waals surface area contributed by atoms with Gasteiger partial charge >= 0.3 is 0 Å². The molecule has 0 saturated heterocycles. The molecule has 0 radical (unpaired) electrons. The Balaban J connectivity index is 1.79. The Labute approximate surface area is 113 Å². The number of hydrogen-bond donors (Lipinski definition) is 1. The maximum absolute atomic E-state index is 12.7. The van der Waals surface area contributed by atoms with Gasteiger partial charge < -0.3 is 5.32 Å². The lowest BCUT2D eigenvalue weighted by atomic mass is 10.2. The number of hydrogen-bond acceptors (Lipinski definition) is 2. The van der Waals surface area contributed by atoms with Gasteiger partial charge in [-0.05, 0) is 23.6 Å². The normalized spacial score (nSPS) is 11.2. The molecule has 1 aromatic heterocycles. The number of benzene rings is 1. The van der Waals surface area contributed by atoms with E-state index in [-0.39, 0.29) is 5.82 Å². The van der Waals surface area contributed by atoms with Gasteiger partial charge in [0.15, 0.2) is 0 Å². The molecule has 1 aromatic carbocycles. The van der Waals surface area contributed by atoms with Gasteiger partial charge in [-0.3, -0.25) is 4.68 Å². The van der Waals surface area contributed by atoms with Crippen LogP contribution in [0.1, 0.15) is 25.0 Å². The molecule has 102 valence electrons. The largest absolute Gasteiger partial charge is 0.309 e. The minimum Gasteiger partial charge on any atom is -0.309 e. The van der Waals surface area contributed by atoms with E-state index in [0.717, 1.165) is 25.2 Å². The Hall–Kier alpha value is -1.68. The third-order valence-corrected chi connectivity index (χ3v) is 2.81. The highest BCUT2D eigenvalue weighted by atomic mass is 19.1. The van der Waals surface area contributed by atoms with Crippen molar-refractivity contribution in [2.24, 2.45) is 5.92 Å². The van der Waals surface area contributed by atoms with Crippen molar-refractivity contribution in [3.63, 3.8) is 0 Å². The molecule has 0 aliphatic carbocycles. The fraction of sp³-hybridized carbons (Fsp3) is 0.400. The van der Waals surface area contributed by atoms with Crippen molar-refractivity contribution in [3.8, 4) is 0 Å². The van der Waals surface area contributed by atoms with Gasteiger partial charge in [0.2, 0.25) is 0 Å². The third-order valence-electron chi connectivity index (χ3n) is 2.81. The Bertz CT molecular complexity index is 502. The minimum absolute atomic E-state index is 0.196. The van der Waals surface area contributed by atoms with Crippen LogP contribution in [-0.4, -0.2) is 9.78 Å². The van der Waals surface area contributed by atoms with E-state index >= 15 is 0 Å². The van der Waals surface area contributed by atoms with Gasteiger partial charge in [-0.15, -0.1) is 0 Å². The molecule has 2 rings (SSSR count). The molecular weight excluding hydrogens is 241 g/mol. The predicted octanol–water partition coefficient (Wildman–Crippen LogP) is 2.97. The SMILES string of the molecule is CC(C)Cn1cc(CNCc2ccc(F)cc2)cn1. The lowest BCUT2D eigenvalue weighted by molar-refractivity contribution is 0.482. The van der Waals surface area contributed by atoms with E-state index < -0.39 is 0 Å². The van der Waals surface area contributed by atoms with Crippen LogP contribution in [0.3, 0.4) is 0 Å². The van der Waals surface area contributed by atoms with Crippen LogP contribution in [0.5, 0.6) is 0 Å². The number of nitrogens with one attached hydrogen (secondary N) is 1. The van der Waals surface area contributed by atoms with Gasteiger partial charge in [-0.1, -0.05) is 26.0 Å². The number of aromatic nitrogens is 2. The molecule has 1 heterocycles. The molecule has 0 unspecified atom stereocenters. The third kappa shape index (κ3) is 4.48. The summed E-state index contributed by atoms with van der Waals surface area (Å²) in [5.41, 5.74) is 2.25. The van der Waals surface area contributed by atoms with Gasteiger partial charge in [0.25, 0.3) is 0 Å². The maximum Gasteiger partial charge on any atom is 0.123 e. The number of rotatable bonds is 6. The first-order chi connectivity index (χ1) is 9.13. The van der Waals surface area contributed by atoms with Gasteiger partial charge in [-0.2, -0.15) is 5.10 Å². The molecule has 1 N–H and O–H groups in total. The summed E-state index contributed by atoms with van der Waals surface area (Å²) in [6.07, 6.45) is 3.96. The molecular formula is C15H20FN3.